The Bertz CT molecular complexity index is 1000. The van der Waals surface area contributed by atoms with Crippen LogP contribution in [0.5, 0.6) is 0 Å². The molecule has 9 heteroatoms. The van der Waals surface area contributed by atoms with Gasteiger partial charge < -0.3 is 10.2 Å². The molecule has 1 fully saturated rings. The molecule has 0 aliphatic carbocycles. The second-order valence-corrected chi connectivity index (χ2v) is 11.3. The number of nitrogens with zero attached hydrogens (tertiary/aromatic N) is 2. The summed E-state index contributed by atoms with van der Waals surface area (Å²) in [6.07, 6.45) is 0.191. The first kappa shape index (κ1) is 23.4. The minimum Gasteiger partial charge on any atom is -0.351 e. The van der Waals surface area contributed by atoms with Crippen molar-refractivity contribution in [1.29, 1.82) is 0 Å². The van der Waals surface area contributed by atoms with Gasteiger partial charge in [0.2, 0.25) is 15.9 Å². The molecule has 3 rings (SSSR count). The number of carbonyl (C=O) groups excluding carboxylic acids is 2. The maximum absolute atomic E-state index is 13.0. The van der Waals surface area contributed by atoms with Gasteiger partial charge in [-0.3, -0.25) is 9.59 Å². The van der Waals surface area contributed by atoms with Gasteiger partial charge in [-0.2, -0.15) is 15.6 Å². The van der Waals surface area contributed by atoms with Crippen molar-refractivity contribution >= 4 is 33.2 Å². The molecule has 1 aromatic carbocycles. The van der Waals surface area contributed by atoms with Crippen molar-refractivity contribution in [3.63, 3.8) is 0 Å². The highest BCUT2D eigenvalue weighted by Crippen LogP contribution is 2.25. The van der Waals surface area contributed by atoms with Gasteiger partial charge in [-0.1, -0.05) is 32.9 Å². The zero-order chi connectivity index (χ0) is 22.6. The molecule has 7 nitrogen and oxygen atoms in total. The van der Waals surface area contributed by atoms with E-state index < -0.39 is 10.0 Å². The minimum absolute atomic E-state index is 0.0442. The van der Waals surface area contributed by atoms with Crippen molar-refractivity contribution in [2.24, 2.45) is 0 Å². The number of piperazine rings is 1. The van der Waals surface area contributed by atoms with Crippen LogP contribution in [0, 0.1) is 0 Å². The summed E-state index contributed by atoms with van der Waals surface area (Å²) in [6.45, 7) is 7.72. The van der Waals surface area contributed by atoms with E-state index in [-0.39, 0.29) is 48.2 Å². The molecule has 0 radical (unpaired) electrons. The zero-order valence-corrected chi connectivity index (χ0v) is 19.8. The Hall–Kier alpha value is -2.23. The Kier molecular flexibility index (Phi) is 7.18. The smallest absolute Gasteiger partial charge is 0.252 e. The van der Waals surface area contributed by atoms with Crippen molar-refractivity contribution in [3.05, 3.63) is 52.2 Å². The molecule has 1 aliphatic rings. The molecule has 0 saturated carbocycles. The van der Waals surface area contributed by atoms with Gasteiger partial charge in [0, 0.05) is 50.1 Å². The summed E-state index contributed by atoms with van der Waals surface area (Å²) in [7, 11) is -3.59. The van der Waals surface area contributed by atoms with E-state index in [0.717, 1.165) is 5.56 Å². The Morgan fingerprint density at radius 3 is 2.23 bits per heavy atom. The lowest BCUT2D eigenvalue weighted by atomic mass is 9.87. The third-order valence-electron chi connectivity index (χ3n) is 5.36. The van der Waals surface area contributed by atoms with Crippen molar-refractivity contribution in [3.8, 4) is 0 Å². The fourth-order valence-electron chi connectivity index (χ4n) is 3.39. The van der Waals surface area contributed by atoms with E-state index in [2.05, 4.69) is 26.1 Å². The van der Waals surface area contributed by atoms with Gasteiger partial charge in [-0.15, -0.1) is 0 Å². The summed E-state index contributed by atoms with van der Waals surface area (Å²) in [6, 6.07) is 8.76. The molecule has 0 spiro atoms. The molecule has 0 atom stereocenters. The van der Waals surface area contributed by atoms with Crippen LogP contribution in [0.15, 0.2) is 46.0 Å². The molecule has 1 aromatic heterocycles. The number of amides is 2. The molecule has 0 bridgehead atoms. The first-order chi connectivity index (χ1) is 14.6. The summed E-state index contributed by atoms with van der Waals surface area (Å²) in [5, 5.41) is 6.32. The van der Waals surface area contributed by atoms with Crippen LogP contribution in [0.3, 0.4) is 0 Å². The highest BCUT2D eigenvalue weighted by molar-refractivity contribution is 7.89. The number of hydrogen-bond donors (Lipinski definition) is 1. The predicted molar refractivity (Wildman–Crippen MR) is 122 cm³/mol. The number of rotatable bonds is 6. The molecule has 31 heavy (non-hydrogen) atoms. The Labute approximate surface area is 188 Å². The Morgan fingerprint density at radius 1 is 1.03 bits per heavy atom. The van der Waals surface area contributed by atoms with E-state index >= 15 is 0 Å². The Balaban J connectivity index is 1.50. The van der Waals surface area contributed by atoms with E-state index in [1.165, 1.54) is 15.6 Å². The Morgan fingerprint density at radius 2 is 1.68 bits per heavy atom. The zero-order valence-electron chi connectivity index (χ0n) is 18.1. The molecule has 168 valence electrons. The highest BCUT2D eigenvalue weighted by atomic mass is 32.2. The van der Waals surface area contributed by atoms with E-state index in [4.69, 9.17) is 0 Å². The van der Waals surface area contributed by atoms with Crippen LogP contribution in [-0.4, -0.2) is 62.2 Å². The number of nitrogens with one attached hydrogen (secondary N) is 1. The molecule has 2 amide bonds. The van der Waals surface area contributed by atoms with Crippen molar-refractivity contribution in [2.45, 2.75) is 37.5 Å². The largest absolute Gasteiger partial charge is 0.351 e. The summed E-state index contributed by atoms with van der Waals surface area (Å²) in [5.41, 5.74) is 1.62. The van der Waals surface area contributed by atoms with Gasteiger partial charge in [0.15, 0.2) is 0 Å². The van der Waals surface area contributed by atoms with Gasteiger partial charge in [-0.25, -0.2) is 8.42 Å². The van der Waals surface area contributed by atoms with Crippen LogP contribution < -0.4 is 5.32 Å². The molecule has 0 unspecified atom stereocenters. The van der Waals surface area contributed by atoms with Crippen LogP contribution in [0.25, 0.3) is 0 Å². The van der Waals surface area contributed by atoms with Crippen LogP contribution in [-0.2, 0) is 20.2 Å². The van der Waals surface area contributed by atoms with Gasteiger partial charge in [-0.05, 0) is 34.6 Å². The number of benzene rings is 1. The molecule has 1 N–H and O–H groups in total. The normalized spacial score (nSPS) is 15.6. The number of carbonyl (C=O) groups is 2. The third-order valence-corrected chi connectivity index (χ3v) is 7.95. The summed E-state index contributed by atoms with van der Waals surface area (Å²) in [4.78, 5) is 26.3. The van der Waals surface area contributed by atoms with Crippen LogP contribution in [0.2, 0.25) is 0 Å². The van der Waals surface area contributed by atoms with Crippen molar-refractivity contribution in [1.82, 2.24) is 14.5 Å². The average molecular weight is 464 g/mol. The first-order valence-corrected chi connectivity index (χ1v) is 12.7. The molecule has 1 aliphatic heterocycles. The van der Waals surface area contributed by atoms with Crippen LogP contribution >= 0.6 is 11.3 Å². The fourth-order valence-corrected chi connectivity index (χ4v) is 5.45. The van der Waals surface area contributed by atoms with Gasteiger partial charge >= 0.3 is 0 Å². The number of hydrogen-bond acceptors (Lipinski definition) is 5. The topological polar surface area (TPSA) is 86.8 Å². The van der Waals surface area contributed by atoms with Crippen molar-refractivity contribution < 1.29 is 18.0 Å². The summed E-state index contributed by atoms with van der Waals surface area (Å²) < 4.78 is 27.4. The van der Waals surface area contributed by atoms with Crippen molar-refractivity contribution in [2.75, 3.05) is 32.7 Å². The lowest BCUT2D eigenvalue weighted by molar-refractivity contribution is -0.132. The highest BCUT2D eigenvalue weighted by Gasteiger charge is 2.30. The molecule has 2 heterocycles. The van der Waals surface area contributed by atoms with E-state index in [1.54, 1.807) is 28.5 Å². The van der Waals surface area contributed by atoms with Gasteiger partial charge in [0.1, 0.15) is 0 Å². The summed E-state index contributed by atoms with van der Waals surface area (Å²) >= 11 is 1.44. The standard InChI is InChI=1S/C22H29N3O4S2/c1-22(2,3)18-4-6-19(7-5-18)31(28,29)25-13-11-24(12-14-25)20(26)8-10-23-21(27)17-9-15-30-16-17/h4-7,9,15-16H,8,10-14H2,1-3H3,(H,23,27). The lowest BCUT2D eigenvalue weighted by Gasteiger charge is -2.34. The molecular weight excluding hydrogens is 434 g/mol. The van der Waals surface area contributed by atoms with E-state index in [1.807, 2.05) is 17.5 Å². The second kappa shape index (κ2) is 9.50. The lowest BCUT2D eigenvalue weighted by Crippen LogP contribution is -2.50. The number of thiophene rings is 1. The van der Waals surface area contributed by atoms with Crippen LogP contribution in [0.1, 0.15) is 43.1 Å². The molecular formula is C22H29N3O4S2. The fraction of sp³-hybridized carbons (Fsp3) is 0.455. The van der Waals surface area contributed by atoms with Crippen LogP contribution in [0.4, 0.5) is 0 Å². The predicted octanol–water partition coefficient (Wildman–Crippen LogP) is 2.70. The van der Waals surface area contributed by atoms with E-state index in [9.17, 15) is 18.0 Å². The first-order valence-electron chi connectivity index (χ1n) is 10.3. The van der Waals surface area contributed by atoms with Gasteiger partial charge in [0.25, 0.3) is 5.91 Å². The van der Waals surface area contributed by atoms with Gasteiger partial charge in [0.05, 0.1) is 4.90 Å². The summed E-state index contributed by atoms with van der Waals surface area (Å²) in [5.74, 6) is -0.278. The maximum atomic E-state index is 13.0. The maximum Gasteiger partial charge on any atom is 0.252 e. The minimum atomic E-state index is -3.59. The monoisotopic (exact) mass is 463 g/mol. The quantitative estimate of drug-likeness (QED) is 0.714. The number of sulfonamides is 1. The SMILES string of the molecule is CC(C)(C)c1ccc(S(=O)(=O)N2CCN(C(=O)CCNC(=O)c3ccsc3)CC2)cc1. The van der Waals surface area contributed by atoms with E-state index in [0.29, 0.717) is 18.7 Å². The average Bonchev–Trinajstić information content (AvgIpc) is 3.28. The second-order valence-electron chi connectivity index (χ2n) is 8.58. The third kappa shape index (κ3) is 5.72. The molecule has 1 saturated heterocycles. The molecule has 2 aromatic rings.